The number of ether oxygens (including phenoxy) is 1. The Morgan fingerprint density at radius 1 is 1.28 bits per heavy atom. The van der Waals surface area contributed by atoms with E-state index in [1.54, 1.807) is 11.8 Å². The first kappa shape index (κ1) is 21.7. The highest BCUT2D eigenvalue weighted by molar-refractivity contribution is 7.98. The molecule has 7 heteroatoms. The van der Waals surface area contributed by atoms with Gasteiger partial charge in [0.05, 0.1) is 13.0 Å². The first-order chi connectivity index (χ1) is 14.1. The Balaban J connectivity index is 1.39. The van der Waals surface area contributed by atoms with Gasteiger partial charge in [-0.05, 0) is 56.6 Å². The van der Waals surface area contributed by atoms with Gasteiger partial charge in [0.2, 0.25) is 5.91 Å². The molecule has 1 N–H and O–H groups in total. The molecule has 0 unspecified atom stereocenters. The second-order valence-corrected chi connectivity index (χ2v) is 8.51. The third-order valence-electron chi connectivity index (χ3n) is 5.44. The molecule has 1 aromatic heterocycles. The van der Waals surface area contributed by atoms with Crippen LogP contribution in [0.25, 0.3) is 0 Å². The van der Waals surface area contributed by atoms with Gasteiger partial charge in [0, 0.05) is 19.0 Å². The molecule has 2 aromatic rings. The van der Waals surface area contributed by atoms with Crippen molar-refractivity contribution in [2.24, 2.45) is 0 Å². The number of aryl methyl sites for hydroxylation is 3. The molecule has 1 heterocycles. The third kappa shape index (κ3) is 5.98. The maximum absolute atomic E-state index is 12.1. The van der Waals surface area contributed by atoms with Gasteiger partial charge in [-0.25, -0.2) is 0 Å². The lowest BCUT2D eigenvalue weighted by atomic mass is 10.1. The monoisotopic (exact) mass is 416 g/mol. The summed E-state index contributed by atoms with van der Waals surface area (Å²) >= 11 is 1.66. The van der Waals surface area contributed by atoms with Crippen molar-refractivity contribution in [3.63, 3.8) is 0 Å². The minimum atomic E-state index is 0.0253. The highest BCUT2D eigenvalue weighted by atomic mass is 32.2. The molecule has 1 saturated carbocycles. The van der Waals surface area contributed by atoms with E-state index in [-0.39, 0.29) is 5.91 Å². The quantitative estimate of drug-likeness (QED) is 0.463. The number of benzene rings is 1. The molecule has 0 aliphatic heterocycles. The molecule has 0 spiro atoms. The molecule has 1 aliphatic carbocycles. The van der Waals surface area contributed by atoms with Crippen LogP contribution in [0.3, 0.4) is 0 Å². The van der Waals surface area contributed by atoms with Crippen molar-refractivity contribution in [3.8, 4) is 5.75 Å². The van der Waals surface area contributed by atoms with E-state index in [9.17, 15) is 4.79 Å². The summed E-state index contributed by atoms with van der Waals surface area (Å²) in [7, 11) is 0. The first-order valence-electron chi connectivity index (χ1n) is 10.5. The van der Waals surface area contributed by atoms with Gasteiger partial charge in [0.25, 0.3) is 0 Å². The zero-order valence-corrected chi connectivity index (χ0v) is 18.6. The zero-order chi connectivity index (χ0) is 20.6. The Hall–Kier alpha value is -2.02. The van der Waals surface area contributed by atoms with Gasteiger partial charge in [-0.2, -0.15) is 0 Å². The van der Waals surface area contributed by atoms with Crippen LogP contribution in [0.5, 0.6) is 5.75 Å². The fourth-order valence-electron chi connectivity index (χ4n) is 3.83. The lowest BCUT2D eigenvalue weighted by Gasteiger charge is -2.16. The summed E-state index contributed by atoms with van der Waals surface area (Å²) in [6, 6.07) is 6.65. The number of aromatic nitrogens is 3. The van der Waals surface area contributed by atoms with Gasteiger partial charge in [0.15, 0.2) is 5.16 Å². The molecule has 0 bridgehead atoms. The molecule has 29 heavy (non-hydrogen) atoms. The molecule has 1 aromatic carbocycles. The summed E-state index contributed by atoms with van der Waals surface area (Å²) in [4.78, 5) is 12.1. The van der Waals surface area contributed by atoms with Crippen LogP contribution in [-0.4, -0.2) is 40.1 Å². The maximum Gasteiger partial charge on any atom is 0.223 e. The van der Waals surface area contributed by atoms with Gasteiger partial charge in [-0.3, -0.25) is 4.79 Å². The van der Waals surface area contributed by atoms with Crippen LogP contribution in [0.1, 0.15) is 61.5 Å². The van der Waals surface area contributed by atoms with Crippen molar-refractivity contribution in [1.82, 2.24) is 20.1 Å². The summed E-state index contributed by atoms with van der Waals surface area (Å²) in [5.41, 5.74) is 2.25. The number of nitrogens with one attached hydrogen (secondary N) is 1. The minimum absolute atomic E-state index is 0.0253. The molecule has 6 nitrogen and oxygen atoms in total. The van der Waals surface area contributed by atoms with Gasteiger partial charge in [0.1, 0.15) is 11.6 Å². The Bertz CT molecular complexity index is 815. The van der Waals surface area contributed by atoms with E-state index in [0.717, 1.165) is 40.7 Å². The number of carbonyl (C=O) groups is 1. The Kier molecular flexibility index (Phi) is 7.98. The van der Waals surface area contributed by atoms with Crippen LogP contribution in [-0.2, 0) is 11.2 Å². The number of thioether (sulfide) groups is 1. The summed E-state index contributed by atoms with van der Waals surface area (Å²) in [6.45, 7) is 5.09. The van der Waals surface area contributed by atoms with Crippen molar-refractivity contribution >= 4 is 17.7 Å². The fraction of sp³-hybridized carbons (Fsp3) is 0.591. The summed E-state index contributed by atoms with van der Waals surface area (Å²) in [5.74, 6) is 1.93. The molecule has 1 amide bonds. The second kappa shape index (κ2) is 10.7. The van der Waals surface area contributed by atoms with Crippen LogP contribution < -0.4 is 10.1 Å². The molecule has 0 radical (unpaired) electrons. The number of amides is 1. The number of carbonyl (C=O) groups excluding carboxylic acids is 1. The lowest BCUT2D eigenvalue weighted by molar-refractivity contribution is -0.121. The average Bonchev–Trinajstić information content (AvgIpc) is 3.37. The summed E-state index contributed by atoms with van der Waals surface area (Å²) in [5, 5.41) is 12.8. The van der Waals surface area contributed by atoms with Crippen molar-refractivity contribution < 1.29 is 9.53 Å². The highest BCUT2D eigenvalue weighted by Gasteiger charge is 2.23. The molecule has 0 saturated heterocycles. The number of hydrogen-bond donors (Lipinski definition) is 1. The van der Waals surface area contributed by atoms with Crippen LogP contribution in [0.15, 0.2) is 23.4 Å². The largest absolute Gasteiger partial charge is 0.493 e. The molecular formula is C22H32N4O2S. The van der Waals surface area contributed by atoms with Crippen molar-refractivity contribution in [2.75, 3.05) is 19.4 Å². The topological polar surface area (TPSA) is 69.0 Å². The maximum atomic E-state index is 12.1. The second-order valence-electron chi connectivity index (χ2n) is 7.73. The van der Waals surface area contributed by atoms with Crippen molar-refractivity contribution in [2.45, 2.75) is 70.0 Å². The van der Waals surface area contributed by atoms with E-state index in [2.05, 4.69) is 32.4 Å². The van der Waals surface area contributed by atoms with E-state index in [1.165, 1.54) is 25.7 Å². The van der Waals surface area contributed by atoms with Gasteiger partial charge in [-0.15, -0.1) is 10.2 Å². The van der Waals surface area contributed by atoms with E-state index >= 15 is 0 Å². The fourth-order valence-corrected chi connectivity index (χ4v) is 4.40. The van der Waals surface area contributed by atoms with Gasteiger partial charge >= 0.3 is 0 Å². The van der Waals surface area contributed by atoms with Crippen LogP contribution in [0.4, 0.5) is 0 Å². The van der Waals surface area contributed by atoms with Crippen molar-refractivity contribution in [1.29, 1.82) is 0 Å². The predicted octanol–water partition coefficient (Wildman–Crippen LogP) is 4.25. The van der Waals surface area contributed by atoms with Gasteiger partial charge in [-0.1, -0.05) is 36.7 Å². The van der Waals surface area contributed by atoms with E-state index in [4.69, 9.17) is 4.74 Å². The predicted molar refractivity (Wildman–Crippen MR) is 117 cm³/mol. The van der Waals surface area contributed by atoms with Crippen molar-refractivity contribution in [3.05, 3.63) is 35.2 Å². The molecule has 158 valence electrons. The zero-order valence-electron chi connectivity index (χ0n) is 17.7. The standard InChI is InChI=1S/C22H32N4O2S/c1-16-10-11-17(2)19(15-16)28-14-12-21(27)23-13-6-9-20-24-25-22(29-3)26(20)18-7-4-5-8-18/h10-11,15,18H,4-9,12-14H2,1-3H3,(H,23,27). The smallest absolute Gasteiger partial charge is 0.223 e. The average molecular weight is 417 g/mol. The Morgan fingerprint density at radius 3 is 2.83 bits per heavy atom. The number of hydrogen-bond acceptors (Lipinski definition) is 5. The summed E-state index contributed by atoms with van der Waals surface area (Å²) < 4.78 is 8.10. The number of rotatable bonds is 10. The molecular weight excluding hydrogens is 384 g/mol. The van der Waals surface area contributed by atoms with Gasteiger partial charge < -0.3 is 14.6 Å². The number of nitrogens with zero attached hydrogens (tertiary/aromatic N) is 3. The Morgan fingerprint density at radius 2 is 2.07 bits per heavy atom. The molecule has 1 fully saturated rings. The highest BCUT2D eigenvalue weighted by Crippen LogP contribution is 2.33. The Labute approximate surface area is 177 Å². The molecule has 3 rings (SSSR count). The normalized spacial score (nSPS) is 14.3. The minimum Gasteiger partial charge on any atom is -0.493 e. The molecule has 0 atom stereocenters. The lowest BCUT2D eigenvalue weighted by Crippen LogP contribution is -2.26. The summed E-state index contributed by atoms with van der Waals surface area (Å²) in [6.07, 6.45) is 9.13. The van der Waals surface area contributed by atoms with Crippen LogP contribution in [0, 0.1) is 13.8 Å². The third-order valence-corrected chi connectivity index (χ3v) is 6.08. The van der Waals surface area contributed by atoms with E-state index in [1.807, 2.05) is 26.0 Å². The van der Waals surface area contributed by atoms with E-state index < -0.39 is 0 Å². The van der Waals surface area contributed by atoms with E-state index in [0.29, 0.717) is 25.6 Å². The SMILES string of the molecule is CSc1nnc(CCCNC(=O)CCOc2cc(C)ccc2C)n1C1CCCC1. The van der Waals surface area contributed by atoms with Crippen LogP contribution >= 0.6 is 11.8 Å². The molecule has 1 aliphatic rings. The first-order valence-corrected chi connectivity index (χ1v) is 11.8. The van der Waals surface area contributed by atoms with Crippen LogP contribution in [0.2, 0.25) is 0 Å².